The number of carbonyl (C=O) groups is 1. The Morgan fingerprint density at radius 1 is 1.33 bits per heavy atom. The summed E-state index contributed by atoms with van der Waals surface area (Å²) in [5.41, 5.74) is 0. The number of likely N-dealkylation sites (N-methyl/N-ethyl adjacent to an activating group) is 1. The minimum Gasteiger partial charge on any atom is -0.319 e. The topological polar surface area (TPSA) is 69.7 Å². The number of rotatable bonds is 6. The van der Waals surface area contributed by atoms with Crippen LogP contribution in [-0.4, -0.2) is 69.0 Å². The molecule has 0 aliphatic carbocycles. The quantitative estimate of drug-likeness (QED) is 0.791. The van der Waals surface area contributed by atoms with Gasteiger partial charge in [0, 0.05) is 25.3 Å². The number of nitrogens with zero attached hydrogens (tertiary/aromatic N) is 2. The summed E-state index contributed by atoms with van der Waals surface area (Å²) < 4.78 is 23.3. The highest BCUT2D eigenvalue weighted by Crippen LogP contribution is 2.17. The maximum Gasteiger partial charge on any atom is 0.321 e. The van der Waals surface area contributed by atoms with Crippen molar-refractivity contribution in [3.8, 4) is 0 Å². The predicted octanol–water partition coefficient (Wildman–Crippen LogP) is 0.916. The first-order chi connectivity index (χ1) is 9.71. The molecule has 7 heteroatoms. The molecule has 0 aromatic carbocycles. The molecule has 0 bridgehead atoms. The van der Waals surface area contributed by atoms with Gasteiger partial charge >= 0.3 is 6.03 Å². The Morgan fingerprint density at radius 3 is 2.48 bits per heavy atom. The van der Waals surface area contributed by atoms with Gasteiger partial charge in [-0.2, -0.15) is 0 Å². The van der Waals surface area contributed by atoms with Crippen molar-refractivity contribution in [2.75, 3.05) is 38.7 Å². The maximum absolute atomic E-state index is 12.3. The van der Waals surface area contributed by atoms with Crippen LogP contribution in [-0.2, 0) is 9.84 Å². The summed E-state index contributed by atoms with van der Waals surface area (Å²) in [7, 11) is 0.862. The molecule has 1 unspecified atom stereocenters. The van der Waals surface area contributed by atoms with Gasteiger partial charge in [0.15, 0.2) is 9.84 Å². The van der Waals surface area contributed by atoms with E-state index in [2.05, 4.69) is 5.32 Å². The second-order valence-corrected chi connectivity index (χ2v) is 8.33. The summed E-state index contributed by atoms with van der Waals surface area (Å²) >= 11 is 0. The minimum absolute atomic E-state index is 0.0712. The molecule has 0 spiro atoms. The lowest BCUT2D eigenvalue weighted by molar-refractivity contribution is 0.176. The molecule has 1 atom stereocenters. The van der Waals surface area contributed by atoms with Crippen LogP contribution in [0.25, 0.3) is 0 Å². The predicted molar refractivity (Wildman–Crippen MR) is 84.8 cm³/mol. The number of carbonyl (C=O) groups excluding carboxylic acids is 1. The first-order valence-corrected chi connectivity index (χ1v) is 9.12. The van der Waals surface area contributed by atoms with E-state index in [0.29, 0.717) is 25.4 Å². The second kappa shape index (κ2) is 7.79. The third-order valence-corrected chi connectivity index (χ3v) is 5.14. The van der Waals surface area contributed by atoms with Gasteiger partial charge in [0.2, 0.25) is 0 Å². The molecule has 6 nitrogen and oxygen atoms in total. The van der Waals surface area contributed by atoms with Crippen molar-refractivity contribution in [2.45, 2.75) is 26.3 Å². The number of allylic oxidation sites excluding steroid dienone is 1. The average molecular weight is 317 g/mol. The lowest BCUT2D eigenvalue weighted by Crippen LogP contribution is -2.48. The SMILES string of the molecule is CC(C)/C=C/NC(=O)N(CCN(C)C)C1CCS(=O)(=O)C1. The van der Waals surface area contributed by atoms with E-state index >= 15 is 0 Å². The van der Waals surface area contributed by atoms with Gasteiger partial charge in [0.05, 0.1) is 11.5 Å². The first-order valence-electron chi connectivity index (χ1n) is 7.30. The molecule has 0 saturated carbocycles. The van der Waals surface area contributed by atoms with Gasteiger partial charge in [-0.1, -0.05) is 19.9 Å². The highest BCUT2D eigenvalue weighted by atomic mass is 32.2. The molecular formula is C14H27N3O3S. The Labute approximate surface area is 128 Å². The molecule has 1 heterocycles. The lowest BCUT2D eigenvalue weighted by Gasteiger charge is -2.29. The van der Waals surface area contributed by atoms with Crippen molar-refractivity contribution >= 4 is 15.9 Å². The van der Waals surface area contributed by atoms with Gasteiger partial charge in [-0.05, 0) is 26.4 Å². The molecule has 1 saturated heterocycles. The zero-order valence-electron chi connectivity index (χ0n) is 13.4. The van der Waals surface area contributed by atoms with Gasteiger partial charge in [-0.15, -0.1) is 0 Å². The van der Waals surface area contributed by atoms with Crippen LogP contribution in [0.15, 0.2) is 12.3 Å². The van der Waals surface area contributed by atoms with Crippen molar-refractivity contribution in [3.05, 3.63) is 12.3 Å². The van der Waals surface area contributed by atoms with Gasteiger partial charge in [-0.3, -0.25) is 0 Å². The Hall–Kier alpha value is -1.08. The summed E-state index contributed by atoms with van der Waals surface area (Å²) in [5, 5.41) is 2.74. The van der Waals surface area contributed by atoms with E-state index in [0.717, 1.165) is 0 Å². The zero-order chi connectivity index (χ0) is 16.0. The molecule has 0 aromatic heterocycles. The molecule has 2 amide bonds. The summed E-state index contributed by atoms with van der Waals surface area (Å²) in [6.07, 6.45) is 4.06. The van der Waals surface area contributed by atoms with E-state index < -0.39 is 9.84 Å². The number of urea groups is 1. The maximum atomic E-state index is 12.3. The van der Waals surface area contributed by atoms with Crippen molar-refractivity contribution in [2.24, 2.45) is 5.92 Å². The van der Waals surface area contributed by atoms with Crippen LogP contribution in [0.3, 0.4) is 0 Å². The minimum atomic E-state index is -3.00. The number of amides is 2. The zero-order valence-corrected chi connectivity index (χ0v) is 14.2. The monoisotopic (exact) mass is 317 g/mol. The van der Waals surface area contributed by atoms with Crippen molar-refractivity contribution in [1.29, 1.82) is 0 Å². The third-order valence-electron chi connectivity index (χ3n) is 3.39. The van der Waals surface area contributed by atoms with Crippen molar-refractivity contribution in [3.63, 3.8) is 0 Å². The van der Waals surface area contributed by atoms with E-state index in [4.69, 9.17) is 0 Å². The highest BCUT2D eigenvalue weighted by Gasteiger charge is 2.34. The van der Waals surface area contributed by atoms with Crippen LogP contribution in [0.5, 0.6) is 0 Å². The van der Waals surface area contributed by atoms with Crippen LogP contribution in [0.1, 0.15) is 20.3 Å². The molecule has 1 aliphatic rings. The van der Waals surface area contributed by atoms with Gasteiger partial charge in [0.1, 0.15) is 0 Å². The number of sulfone groups is 1. The van der Waals surface area contributed by atoms with Gasteiger partial charge in [-0.25, -0.2) is 13.2 Å². The Morgan fingerprint density at radius 2 is 2.00 bits per heavy atom. The number of hydrogen-bond donors (Lipinski definition) is 1. The van der Waals surface area contributed by atoms with E-state index in [1.165, 1.54) is 0 Å². The summed E-state index contributed by atoms with van der Waals surface area (Å²) in [6, 6.07) is -0.446. The summed E-state index contributed by atoms with van der Waals surface area (Å²) in [4.78, 5) is 15.9. The van der Waals surface area contributed by atoms with Crippen LogP contribution in [0.4, 0.5) is 4.79 Å². The average Bonchev–Trinajstić information content (AvgIpc) is 2.69. The normalized spacial score (nSPS) is 21.3. The third kappa shape index (κ3) is 6.48. The van der Waals surface area contributed by atoms with Gasteiger partial charge < -0.3 is 15.1 Å². The molecule has 21 heavy (non-hydrogen) atoms. The summed E-state index contributed by atoms with van der Waals surface area (Å²) in [5.74, 6) is 0.597. The highest BCUT2D eigenvalue weighted by molar-refractivity contribution is 7.91. The Balaban J connectivity index is 2.70. The smallest absolute Gasteiger partial charge is 0.319 e. The van der Waals surface area contributed by atoms with E-state index in [9.17, 15) is 13.2 Å². The van der Waals surface area contributed by atoms with E-state index in [1.54, 1.807) is 11.1 Å². The van der Waals surface area contributed by atoms with Crippen LogP contribution < -0.4 is 5.32 Å². The molecular weight excluding hydrogens is 290 g/mol. The van der Waals surface area contributed by atoms with Gasteiger partial charge in [0.25, 0.3) is 0 Å². The largest absolute Gasteiger partial charge is 0.321 e. The van der Waals surface area contributed by atoms with Crippen LogP contribution in [0, 0.1) is 5.92 Å². The van der Waals surface area contributed by atoms with E-state index in [1.807, 2.05) is 38.9 Å². The fourth-order valence-corrected chi connectivity index (χ4v) is 3.90. The Kier molecular flexibility index (Phi) is 6.67. The number of hydrogen-bond acceptors (Lipinski definition) is 4. The van der Waals surface area contributed by atoms with Crippen LogP contribution in [0.2, 0.25) is 0 Å². The molecule has 1 rings (SSSR count). The lowest BCUT2D eigenvalue weighted by atomic mass is 10.2. The number of nitrogens with one attached hydrogen (secondary N) is 1. The van der Waals surface area contributed by atoms with Crippen LogP contribution >= 0.6 is 0 Å². The molecule has 0 radical (unpaired) electrons. The first kappa shape index (κ1) is 18.0. The fraction of sp³-hybridized carbons (Fsp3) is 0.786. The molecule has 1 fully saturated rings. The fourth-order valence-electron chi connectivity index (χ4n) is 2.17. The second-order valence-electron chi connectivity index (χ2n) is 6.11. The Bertz CT molecular complexity index is 472. The summed E-state index contributed by atoms with van der Waals surface area (Å²) in [6.45, 7) is 5.28. The molecule has 122 valence electrons. The molecule has 0 aromatic rings. The van der Waals surface area contributed by atoms with E-state index in [-0.39, 0.29) is 23.6 Å². The van der Waals surface area contributed by atoms with Crippen molar-refractivity contribution < 1.29 is 13.2 Å². The van der Waals surface area contributed by atoms with Crippen molar-refractivity contribution in [1.82, 2.24) is 15.1 Å². The molecule has 1 aliphatic heterocycles. The molecule has 1 N–H and O–H groups in total. The standard InChI is InChI=1S/C14H27N3O3S/c1-12(2)5-7-15-14(18)17(9-8-16(3)4)13-6-10-21(19,20)11-13/h5,7,12-13H,6,8-11H2,1-4H3,(H,15,18)/b7-5+.